The van der Waals surface area contributed by atoms with E-state index in [0.29, 0.717) is 11.6 Å². The van der Waals surface area contributed by atoms with Crippen LogP contribution in [0.1, 0.15) is 24.5 Å². The number of rotatable bonds is 2. The van der Waals surface area contributed by atoms with Crippen molar-refractivity contribution in [1.82, 2.24) is 20.5 Å². The highest BCUT2D eigenvalue weighted by Crippen LogP contribution is 2.24. The number of halogens is 1. The van der Waals surface area contributed by atoms with Crippen molar-refractivity contribution in [3.63, 3.8) is 0 Å². The maximum atomic E-state index is 12.8. The van der Waals surface area contributed by atoms with Crippen LogP contribution in [0.4, 0.5) is 4.39 Å². The summed E-state index contributed by atoms with van der Waals surface area (Å²) >= 11 is 0. The number of nitrogens with zero attached hydrogens (tertiary/aromatic N) is 2. The third-order valence-electron chi connectivity index (χ3n) is 3.32. The molecule has 2 aromatic heterocycles. The van der Waals surface area contributed by atoms with Crippen molar-refractivity contribution in [1.29, 1.82) is 0 Å². The predicted molar refractivity (Wildman–Crippen MR) is 66.6 cm³/mol. The van der Waals surface area contributed by atoms with E-state index in [1.165, 1.54) is 25.1 Å². The molecule has 0 aliphatic carbocycles. The number of aromatic nitrogens is 3. The molecule has 2 aromatic rings. The van der Waals surface area contributed by atoms with E-state index in [0.717, 1.165) is 24.5 Å². The number of aromatic amines is 1. The number of piperidine rings is 1. The van der Waals surface area contributed by atoms with Gasteiger partial charge in [0.15, 0.2) is 0 Å². The molecular weight excluding hydrogens is 231 g/mol. The maximum absolute atomic E-state index is 12.8. The summed E-state index contributed by atoms with van der Waals surface area (Å²) < 4.78 is 12.8. The second kappa shape index (κ2) is 4.86. The highest BCUT2D eigenvalue weighted by molar-refractivity contribution is 5.54. The van der Waals surface area contributed by atoms with Gasteiger partial charge in [0.2, 0.25) is 0 Å². The standard InChI is InChI=1S/C13H15FN4/c14-10-3-4-11(16-8-10)13-6-12(17-18-13)9-2-1-5-15-7-9/h3-4,6,8-9,15H,1-2,5,7H2,(H,17,18)/t9-/m0/s1. The Morgan fingerprint density at radius 1 is 1.28 bits per heavy atom. The van der Waals surface area contributed by atoms with Crippen LogP contribution in [0.5, 0.6) is 0 Å². The average molecular weight is 246 g/mol. The smallest absolute Gasteiger partial charge is 0.141 e. The molecule has 1 aliphatic heterocycles. The summed E-state index contributed by atoms with van der Waals surface area (Å²) in [6, 6.07) is 5.06. The quantitative estimate of drug-likeness (QED) is 0.853. The number of H-pyrrole nitrogens is 1. The van der Waals surface area contributed by atoms with Gasteiger partial charge in [-0.2, -0.15) is 5.10 Å². The van der Waals surface area contributed by atoms with Crippen LogP contribution in [0.15, 0.2) is 24.4 Å². The largest absolute Gasteiger partial charge is 0.316 e. The number of nitrogens with one attached hydrogen (secondary N) is 2. The average Bonchev–Trinajstić information content (AvgIpc) is 2.90. The monoisotopic (exact) mass is 246 g/mol. The Labute approximate surface area is 105 Å². The second-order valence-electron chi connectivity index (χ2n) is 4.61. The molecule has 0 unspecified atom stereocenters. The van der Waals surface area contributed by atoms with Crippen molar-refractivity contribution < 1.29 is 4.39 Å². The molecule has 1 fully saturated rings. The van der Waals surface area contributed by atoms with E-state index in [1.807, 2.05) is 6.07 Å². The van der Waals surface area contributed by atoms with Gasteiger partial charge in [-0.1, -0.05) is 0 Å². The van der Waals surface area contributed by atoms with Gasteiger partial charge < -0.3 is 5.32 Å². The minimum absolute atomic E-state index is 0.328. The minimum atomic E-state index is -0.328. The third-order valence-corrected chi connectivity index (χ3v) is 3.32. The summed E-state index contributed by atoms with van der Waals surface area (Å²) in [6.07, 6.45) is 3.57. The zero-order valence-electron chi connectivity index (χ0n) is 9.99. The van der Waals surface area contributed by atoms with Crippen molar-refractivity contribution in [3.8, 4) is 11.4 Å². The molecule has 18 heavy (non-hydrogen) atoms. The van der Waals surface area contributed by atoms with E-state index in [-0.39, 0.29) is 5.82 Å². The van der Waals surface area contributed by atoms with Crippen molar-refractivity contribution in [3.05, 3.63) is 35.9 Å². The molecule has 0 bridgehead atoms. The van der Waals surface area contributed by atoms with Gasteiger partial charge in [-0.15, -0.1) is 0 Å². The molecular formula is C13H15FN4. The number of hydrogen-bond acceptors (Lipinski definition) is 3. The predicted octanol–water partition coefficient (Wildman–Crippen LogP) is 2.08. The molecule has 3 rings (SSSR count). The van der Waals surface area contributed by atoms with Crippen LogP contribution in [0, 0.1) is 5.82 Å². The van der Waals surface area contributed by atoms with Crippen LogP contribution < -0.4 is 5.32 Å². The van der Waals surface area contributed by atoms with Gasteiger partial charge in [0.25, 0.3) is 0 Å². The number of hydrogen-bond donors (Lipinski definition) is 2. The van der Waals surface area contributed by atoms with Crippen LogP contribution in [0.25, 0.3) is 11.4 Å². The third kappa shape index (κ3) is 2.26. The van der Waals surface area contributed by atoms with Gasteiger partial charge in [-0.05, 0) is 37.6 Å². The first kappa shape index (κ1) is 11.3. The van der Waals surface area contributed by atoms with E-state index in [4.69, 9.17) is 0 Å². The lowest BCUT2D eigenvalue weighted by Crippen LogP contribution is -2.28. The Kier molecular flexibility index (Phi) is 3.06. The molecule has 0 amide bonds. The fourth-order valence-electron chi connectivity index (χ4n) is 2.32. The van der Waals surface area contributed by atoms with Crippen LogP contribution in [-0.2, 0) is 0 Å². The van der Waals surface area contributed by atoms with Gasteiger partial charge in [0, 0.05) is 18.2 Å². The molecule has 3 heterocycles. The van der Waals surface area contributed by atoms with Crippen LogP contribution in [0.3, 0.4) is 0 Å². The molecule has 4 nitrogen and oxygen atoms in total. The topological polar surface area (TPSA) is 53.6 Å². The van der Waals surface area contributed by atoms with Crippen LogP contribution in [-0.4, -0.2) is 28.3 Å². The Hall–Kier alpha value is -1.75. The first-order valence-corrected chi connectivity index (χ1v) is 6.21. The highest BCUT2D eigenvalue weighted by Gasteiger charge is 2.17. The van der Waals surface area contributed by atoms with Crippen LogP contribution >= 0.6 is 0 Å². The van der Waals surface area contributed by atoms with Crippen molar-refractivity contribution in [2.75, 3.05) is 13.1 Å². The molecule has 0 radical (unpaired) electrons. The zero-order valence-corrected chi connectivity index (χ0v) is 9.99. The number of pyridine rings is 1. The molecule has 1 saturated heterocycles. The Bertz CT molecular complexity index is 514. The summed E-state index contributed by atoms with van der Waals surface area (Å²) in [5.74, 6) is 0.159. The van der Waals surface area contributed by atoms with Crippen molar-refractivity contribution >= 4 is 0 Å². The van der Waals surface area contributed by atoms with Crippen LogP contribution in [0.2, 0.25) is 0 Å². The van der Waals surface area contributed by atoms with Gasteiger partial charge >= 0.3 is 0 Å². The van der Waals surface area contributed by atoms with E-state index in [1.54, 1.807) is 6.07 Å². The maximum Gasteiger partial charge on any atom is 0.141 e. The SMILES string of the molecule is Fc1ccc(-c2cc([C@H]3CCCNC3)[nH]n2)nc1. The first-order chi connectivity index (χ1) is 8.83. The summed E-state index contributed by atoms with van der Waals surface area (Å²) in [7, 11) is 0. The lowest BCUT2D eigenvalue weighted by Gasteiger charge is -2.21. The van der Waals surface area contributed by atoms with Crippen molar-refractivity contribution in [2.45, 2.75) is 18.8 Å². The lowest BCUT2D eigenvalue weighted by molar-refractivity contribution is 0.454. The molecule has 1 aliphatic rings. The van der Waals surface area contributed by atoms with E-state index in [2.05, 4.69) is 20.5 Å². The highest BCUT2D eigenvalue weighted by atomic mass is 19.1. The van der Waals surface area contributed by atoms with Gasteiger partial charge in [-0.3, -0.25) is 10.1 Å². The Balaban J connectivity index is 1.82. The second-order valence-corrected chi connectivity index (χ2v) is 4.61. The molecule has 0 saturated carbocycles. The van der Waals surface area contributed by atoms with E-state index >= 15 is 0 Å². The van der Waals surface area contributed by atoms with Gasteiger partial charge in [0.1, 0.15) is 11.5 Å². The summed E-state index contributed by atoms with van der Waals surface area (Å²) in [5, 5.41) is 10.7. The normalized spacial score (nSPS) is 19.9. The van der Waals surface area contributed by atoms with Crippen molar-refractivity contribution in [2.24, 2.45) is 0 Å². The first-order valence-electron chi connectivity index (χ1n) is 6.21. The van der Waals surface area contributed by atoms with E-state index < -0.39 is 0 Å². The zero-order chi connectivity index (χ0) is 12.4. The fraction of sp³-hybridized carbons (Fsp3) is 0.385. The summed E-state index contributed by atoms with van der Waals surface area (Å²) in [4.78, 5) is 4.03. The Morgan fingerprint density at radius 2 is 2.22 bits per heavy atom. The molecule has 94 valence electrons. The summed E-state index contributed by atoms with van der Waals surface area (Å²) in [5.41, 5.74) is 2.60. The molecule has 0 aromatic carbocycles. The molecule has 1 atom stereocenters. The summed E-state index contributed by atoms with van der Waals surface area (Å²) in [6.45, 7) is 2.08. The fourth-order valence-corrected chi connectivity index (χ4v) is 2.32. The van der Waals surface area contributed by atoms with Gasteiger partial charge in [0.05, 0.1) is 11.9 Å². The minimum Gasteiger partial charge on any atom is -0.316 e. The Morgan fingerprint density at radius 3 is 2.94 bits per heavy atom. The molecule has 0 spiro atoms. The molecule has 2 N–H and O–H groups in total. The van der Waals surface area contributed by atoms with E-state index in [9.17, 15) is 4.39 Å². The molecule has 5 heteroatoms. The van der Waals surface area contributed by atoms with Gasteiger partial charge in [-0.25, -0.2) is 4.39 Å². The lowest BCUT2D eigenvalue weighted by atomic mass is 9.96.